The molecule has 0 saturated heterocycles. The number of esters is 1. The van der Waals surface area contributed by atoms with Crippen LogP contribution in [0.3, 0.4) is 0 Å². The number of carbonyl (C=O) groups excluding carboxylic acids is 2. The second-order valence-electron chi connectivity index (χ2n) is 3.39. The van der Waals surface area contributed by atoms with E-state index in [0.29, 0.717) is 17.9 Å². The molecule has 6 heteroatoms. The van der Waals surface area contributed by atoms with Gasteiger partial charge in [0.15, 0.2) is 0 Å². The molecule has 98 valence electrons. The predicted molar refractivity (Wildman–Crippen MR) is 64.4 cm³/mol. The molecule has 0 bridgehead atoms. The van der Waals surface area contributed by atoms with Crippen molar-refractivity contribution in [2.75, 3.05) is 20.3 Å². The molecular weight excluding hydrogens is 236 g/mol. The van der Waals surface area contributed by atoms with Crippen LogP contribution in [0.15, 0.2) is 18.5 Å². The first-order chi connectivity index (χ1) is 8.69. The topological polar surface area (TPSA) is 77.5 Å². The van der Waals surface area contributed by atoms with E-state index in [2.05, 4.69) is 10.3 Å². The molecule has 0 saturated carbocycles. The molecule has 0 aliphatic heterocycles. The Bertz CT molecular complexity index is 420. The standard InChI is InChI=1S/C12H16N2O4/c1-3-18-11(15)5-7-14-12(16)9-4-6-13-8-10(9)17-2/h4,6,8H,3,5,7H2,1-2H3,(H,14,16). The minimum absolute atomic E-state index is 0.146. The van der Waals surface area contributed by atoms with E-state index in [9.17, 15) is 9.59 Å². The van der Waals surface area contributed by atoms with Crippen molar-refractivity contribution in [1.82, 2.24) is 10.3 Å². The Hall–Kier alpha value is -2.11. The maximum atomic E-state index is 11.8. The first-order valence-electron chi connectivity index (χ1n) is 5.60. The van der Waals surface area contributed by atoms with Gasteiger partial charge in [0.25, 0.3) is 5.91 Å². The van der Waals surface area contributed by atoms with Crippen molar-refractivity contribution in [3.63, 3.8) is 0 Å². The summed E-state index contributed by atoms with van der Waals surface area (Å²) in [7, 11) is 1.46. The number of aromatic nitrogens is 1. The number of methoxy groups -OCH3 is 1. The summed E-state index contributed by atoms with van der Waals surface area (Å²) in [5.74, 6) is -0.246. The molecule has 0 spiro atoms. The largest absolute Gasteiger partial charge is 0.494 e. The van der Waals surface area contributed by atoms with E-state index in [-0.39, 0.29) is 24.8 Å². The van der Waals surface area contributed by atoms with Crippen molar-refractivity contribution in [3.8, 4) is 5.75 Å². The molecule has 1 rings (SSSR count). The number of hydrogen-bond acceptors (Lipinski definition) is 5. The number of ether oxygens (including phenoxy) is 2. The summed E-state index contributed by atoms with van der Waals surface area (Å²) in [5, 5.41) is 2.62. The third-order valence-electron chi connectivity index (χ3n) is 2.17. The highest BCUT2D eigenvalue weighted by Gasteiger charge is 2.11. The Morgan fingerprint density at radius 3 is 2.89 bits per heavy atom. The average molecular weight is 252 g/mol. The number of nitrogens with one attached hydrogen (secondary N) is 1. The average Bonchev–Trinajstić information content (AvgIpc) is 2.38. The van der Waals surface area contributed by atoms with Gasteiger partial charge in [-0.1, -0.05) is 0 Å². The lowest BCUT2D eigenvalue weighted by Gasteiger charge is -2.08. The third kappa shape index (κ3) is 4.04. The first-order valence-corrected chi connectivity index (χ1v) is 5.60. The minimum atomic E-state index is -0.334. The van der Waals surface area contributed by atoms with E-state index in [0.717, 1.165) is 0 Å². The quantitative estimate of drug-likeness (QED) is 0.757. The fourth-order valence-corrected chi connectivity index (χ4v) is 1.34. The lowest BCUT2D eigenvalue weighted by molar-refractivity contribution is -0.142. The number of nitrogens with zero attached hydrogens (tertiary/aromatic N) is 1. The normalized spacial score (nSPS) is 9.67. The molecule has 0 aliphatic rings. The SMILES string of the molecule is CCOC(=O)CCNC(=O)c1ccncc1OC. The maximum Gasteiger partial charge on any atom is 0.307 e. The van der Waals surface area contributed by atoms with Gasteiger partial charge in [0.05, 0.1) is 31.9 Å². The second-order valence-corrected chi connectivity index (χ2v) is 3.39. The fourth-order valence-electron chi connectivity index (χ4n) is 1.34. The number of pyridine rings is 1. The van der Waals surface area contributed by atoms with Crippen LogP contribution in [0.5, 0.6) is 5.75 Å². The molecule has 0 fully saturated rings. The Morgan fingerprint density at radius 2 is 2.22 bits per heavy atom. The Balaban J connectivity index is 2.48. The molecule has 18 heavy (non-hydrogen) atoms. The summed E-state index contributed by atoms with van der Waals surface area (Å²) < 4.78 is 9.77. The molecule has 0 unspecified atom stereocenters. The van der Waals surface area contributed by atoms with Gasteiger partial charge in [-0.2, -0.15) is 0 Å². The highest BCUT2D eigenvalue weighted by atomic mass is 16.5. The minimum Gasteiger partial charge on any atom is -0.494 e. The van der Waals surface area contributed by atoms with Gasteiger partial charge in [0, 0.05) is 12.7 Å². The zero-order chi connectivity index (χ0) is 13.4. The van der Waals surface area contributed by atoms with Crippen LogP contribution in [0.4, 0.5) is 0 Å². The van der Waals surface area contributed by atoms with Crippen molar-refractivity contribution in [1.29, 1.82) is 0 Å². The maximum absolute atomic E-state index is 11.8. The fraction of sp³-hybridized carbons (Fsp3) is 0.417. The smallest absolute Gasteiger partial charge is 0.307 e. The van der Waals surface area contributed by atoms with Crippen LogP contribution >= 0.6 is 0 Å². The molecule has 1 amide bonds. The summed E-state index contributed by atoms with van der Waals surface area (Å²) in [6.45, 7) is 2.30. The van der Waals surface area contributed by atoms with Crippen molar-refractivity contribution < 1.29 is 19.1 Å². The van der Waals surface area contributed by atoms with Crippen molar-refractivity contribution in [3.05, 3.63) is 24.0 Å². The van der Waals surface area contributed by atoms with Gasteiger partial charge in [-0.3, -0.25) is 14.6 Å². The molecule has 0 aromatic carbocycles. The van der Waals surface area contributed by atoms with Gasteiger partial charge in [-0.15, -0.1) is 0 Å². The number of carbonyl (C=O) groups is 2. The van der Waals surface area contributed by atoms with Crippen LogP contribution in [0.1, 0.15) is 23.7 Å². The number of rotatable bonds is 6. The molecule has 1 aromatic rings. The molecule has 1 N–H and O–H groups in total. The third-order valence-corrected chi connectivity index (χ3v) is 2.17. The van der Waals surface area contributed by atoms with Gasteiger partial charge in [-0.25, -0.2) is 0 Å². The van der Waals surface area contributed by atoms with Crippen molar-refractivity contribution in [2.24, 2.45) is 0 Å². The Kier molecular flexibility index (Phi) is 5.63. The van der Waals surface area contributed by atoms with Crippen molar-refractivity contribution in [2.45, 2.75) is 13.3 Å². The zero-order valence-electron chi connectivity index (χ0n) is 10.4. The highest BCUT2D eigenvalue weighted by molar-refractivity contribution is 5.96. The molecular formula is C12H16N2O4. The van der Waals surface area contributed by atoms with Crippen LogP contribution in [0.25, 0.3) is 0 Å². The lowest BCUT2D eigenvalue weighted by atomic mass is 10.2. The van der Waals surface area contributed by atoms with Crippen LogP contribution in [0.2, 0.25) is 0 Å². The molecule has 0 atom stereocenters. The van der Waals surface area contributed by atoms with E-state index in [1.54, 1.807) is 13.0 Å². The van der Waals surface area contributed by atoms with Gasteiger partial charge < -0.3 is 14.8 Å². The van der Waals surface area contributed by atoms with Crippen LogP contribution in [-0.2, 0) is 9.53 Å². The molecule has 1 heterocycles. The molecule has 1 aromatic heterocycles. The van der Waals surface area contributed by atoms with E-state index < -0.39 is 0 Å². The van der Waals surface area contributed by atoms with E-state index in [1.165, 1.54) is 19.5 Å². The monoisotopic (exact) mass is 252 g/mol. The van der Waals surface area contributed by atoms with E-state index in [4.69, 9.17) is 9.47 Å². The molecule has 0 radical (unpaired) electrons. The van der Waals surface area contributed by atoms with E-state index >= 15 is 0 Å². The molecule has 6 nitrogen and oxygen atoms in total. The zero-order valence-corrected chi connectivity index (χ0v) is 10.4. The first kappa shape index (κ1) is 14.0. The summed E-state index contributed by atoms with van der Waals surface area (Å²) in [6, 6.07) is 1.55. The van der Waals surface area contributed by atoms with Crippen LogP contribution < -0.4 is 10.1 Å². The lowest BCUT2D eigenvalue weighted by Crippen LogP contribution is -2.27. The van der Waals surface area contributed by atoms with Crippen LogP contribution in [-0.4, -0.2) is 37.1 Å². The summed E-state index contributed by atoms with van der Waals surface area (Å²) in [6.07, 6.45) is 3.11. The number of amides is 1. The van der Waals surface area contributed by atoms with Crippen LogP contribution in [0, 0.1) is 0 Å². The summed E-state index contributed by atoms with van der Waals surface area (Å²) >= 11 is 0. The summed E-state index contributed by atoms with van der Waals surface area (Å²) in [5.41, 5.74) is 0.386. The van der Waals surface area contributed by atoms with Gasteiger partial charge in [0.1, 0.15) is 5.75 Å². The Morgan fingerprint density at radius 1 is 1.44 bits per heavy atom. The van der Waals surface area contributed by atoms with Gasteiger partial charge in [0.2, 0.25) is 0 Å². The highest BCUT2D eigenvalue weighted by Crippen LogP contribution is 2.14. The predicted octanol–water partition coefficient (Wildman–Crippen LogP) is 0.773. The second kappa shape index (κ2) is 7.26. The van der Waals surface area contributed by atoms with Gasteiger partial charge >= 0.3 is 5.97 Å². The molecule has 0 aliphatic carbocycles. The number of hydrogen-bond donors (Lipinski definition) is 1. The van der Waals surface area contributed by atoms with Gasteiger partial charge in [-0.05, 0) is 13.0 Å². The summed E-state index contributed by atoms with van der Waals surface area (Å²) in [4.78, 5) is 26.7. The van der Waals surface area contributed by atoms with Crippen molar-refractivity contribution >= 4 is 11.9 Å². The Labute approximate surface area is 105 Å². The van der Waals surface area contributed by atoms with E-state index in [1.807, 2.05) is 0 Å².